The van der Waals surface area contributed by atoms with E-state index in [0.29, 0.717) is 19.6 Å². The minimum absolute atomic E-state index is 0.286. The molecule has 0 amide bonds. The lowest BCUT2D eigenvalue weighted by molar-refractivity contribution is 0.126. The van der Waals surface area contributed by atoms with Crippen molar-refractivity contribution in [3.8, 4) is 17.6 Å². The molecule has 1 aromatic rings. The van der Waals surface area contributed by atoms with Gasteiger partial charge in [0.1, 0.15) is 0 Å². The second-order valence-electron chi connectivity index (χ2n) is 3.15. The average Bonchev–Trinajstić information content (AvgIpc) is 2.71. The molecule has 0 saturated carbocycles. The predicted molar refractivity (Wildman–Crippen MR) is 52.5 cm³/mol. The lowest BCUT2D eigenvalue weighted by Crippen LogP contribution is -1.94. The number of ether oxygens (including phenoxy) is 3. The van der Waals surface area contributed by atoms with Gasteiger partial charge in [-0.2, -0.15) is 5.26 Å². The quantitative estimate of drug-likeness (QED) is 0.704. The van der Waals surface area contributed by atoms with Gasteiger partial charge < -0.3 is 14.2 Å². The third-order valence-electron chi connectivity index (χ3n) is 2.06. The molecule has 0 atom stereocenters. The van der Waals surface area contributed by atoms with Crippen LogP contribution in [0.3, 0.4) is 0 Å². The fourth-order valence-corrected chi connectivity index (χ4v) is 1.34. The van der Waals surface area contributed by atoms with E-state index in [9.17, 15) is 0 Å². The van der Waals surface area contributed by atoms with Gasteiger partial charge in [-0.05, 0) is 17.7 Å². The first-order chi connectivity index (χ1) is 7.40. The van der Waals surface area contributed by atoms with Crippen molar-refractivity contribution in [1.82, 2.24) is 0 Å². The Balaban J connectivity index is 1.90. The summed E-state index contributed by atoms with van der Waals surface area (Å²) in [6.45, 7) is 1.25. The summed E-state index contributed by atoms with van der Waals surface area (Å²) in [6, 6.07) is 7.72. The Morgan fingerprint density at radius 3 is 3.07 bits per heavy atom. The van der Waals surface area contributed by atoms with Crippen molar-refractivity contribution in [3.63, 3.8) is 0 Å². The molecule has 1 aromatic carbocycles. The number of rotatable bonds is 4. The molecule has 0 bridgehead atoms. The molecule has 4 nitrogen and oxygen atoms in total. The van der Waals surface area contributed by atoms with E-state index in [2.05, 4.69) is 0 Å². The van der Waals surface area contributed by atoms with E-state index >= 15 is 0 Å². The number of benzene rings is 1. The van der Waals surface area contributed by atoms with Crippen LogP contribution >= 0.6 is 0 Å². The van der Waals surface area contributed by atoms with Gasteiger partial charge >= 0.3 is 0 Å². The van der Waals surface area contributed by atoms with Gasteiger partial charge in [0.15, 0.2) is 11.5 Å². The van der Waals surface area contributed by atoms with Gasteiger partial charge in [0.25, 0.3) is 0 Å². The molecule has 0 fully saturated rings. The Kier molecular flexibility index (Phi) is 3.05. The summed E-state index contributed by atoms with van der Waals surface area (Å²) in [4.78, 5) is 0. The van der Waals surface area contributed by atoms with Gasteiger partial charge in [0, 0.05) is 0 Å². The molecule has 78 valence electrons. The molecular formula is C11H11NO3. The van der Waals surface area contributed by atoms with Crippen LogP contribution < -0.4 is 9.47 Å². The van der Waals surface area contributed by atoms with Crippen LogP contribution in [0.2, 0.25) is 0 Å². The summed E-state index contributed by atoms with van der Waals surface area (Å²) < 4.78 is 15.7. The minimum Gasteiger partial charge on any atom is -0.454 e. The Morgan fingerprint density at radius 2 is 2.20 bits per heavy atom. The molecule has 15 heavy (non-hydrogen) atoms. The second-order valence-corrected chi connectivity index (χ2v) is 3.15. The molecule has 0 radical (unpaired) electrons. The molecule has 0 spiro atoms. The third-order valence-corrected chi connectivity index (χ3v) is 2.06. The first-order valence-corrected chi connectivity index (χ1v) is 4.73. The number of hydrogen-bond donors (Lipinski definition) is 0. The Labute approximate surface area is 88.0 Å². The highest BCUT2D eigenvalue weighted by atomic mass is 16.7. The van der Waals surface area contributed by atoms with Gasteiger partial charge in [-0.3, -0.25) is 0 Å². The Morgan fingerprint density at radius 1 is 1.33 bits per heavy atom. The van der Waals surface area contributed by atoms with Crippen LogP contribution in [0.25, 0.3) is 0 Å². The largest absolute Gasteiger partial charge is 0.454 e. The fourth-order valence-electron chi connectivity index (χ4n) is 1.34. The lowest BCUT2D eigenvalue weighted by atomic mass is 10.2. The maximum absolute atomic E-state index is 8.32. The number of nitriles is 1. The summed E-state index contributed by atoms with van der Waals surface area (Å²) in [5, 5.41) is 8.32. The van der Waals surface area contributed by atoms with E-state index in [1.807, 2.05) is 24.3 Å². The standard InChI is InChI=1S/C11H11NO3/c12-4-1-5-13-7-9-2-3-10-11(6-9)15-8-14-10/h2-3,6H,1,5,7-8H2. The normalized spacial score (nSPS) is 12.5. The summed E-state index contributed by atoms with van der Waals surface area (Å²) in [7, 11) is 0. The summed E-state index contributed by atoms with van der Waals surface area (Å²) in [5.41, 5.74) is 1.03. The maximum atomic E-state index is 8.32. The van der Waals surface area contributed by atoms with Gasteiger partial charge in [-0.25, -0.2) is 0 Å². The van der Waals surface area contributed by atoms with Crippen molar-refractivity contribution in [3.05, 3.63) is 23.8 Å². The van der Waals surface area contributed by atoms with Crippen LogP contribution in [0.15, 0.2) is 18.2 Å². The van der Waals surface area contributed by atoms with Gasteiger partial charge in [-0.15, -0.1) is 0 Å². The Hall–Kier alpha value is -1.73. The van der Waals surface area contributed by atoms with Crippen molar-refractivity contribution in [1.29, 1.82) is 5.26 Å². The van der Waals surface area contributed by atoms with Gasteiger partial charge in [-0.1, -0.05) is 6.07 Å². The fraction of sp³-hybridized carbons (Fsp3) is 0.364. The van der Waals surface area contributed by atoms with E-state index in [1.165, 1.54) is 0 Å². The number of fused-ring (bicyclic) bond motifs is 1. The maximum Gasteiger partial charge on any atom is 0.231 e. The zero-order valence-corrected chi connectivity index (χ0v) is 8.23. The monoisotopic (exact) mass is 205 g/mol. The topological polar surface area (TPSA) is 51.5 Å². The highest BCUT2D eigenvalue weighted by Gasteiger charge is 2.12. The van der Waals surface area contributed by atoms with Gasteiger partial charge in [0.2, 0.25) is 6.79 Å². The highest BCUT2D eigenvalue weighted by molar-refractivity contribution is 5.44. The van der Waals surface area contributed by atoms with Crippen LogP contribution in [0.5, 0.6) is 11.5 Å². The lowest BCUT2D eigenvalue weighted by Gasteiger charge is -2.03. The van der Waals surface area contributed by atoms with E-state index < -0.39 is 0 Å². The molecule has 4 heteroatoms. The molecule has 0 N–H and O–H groups in total. The van der Waals surface area contributed by atoms with Gasteiger partial charge in [0.05, 0.1) is 25.7 Å². The Bertz CT molecular complexity index is 384. The molecule has 1 heterocycles. The van der Waals surface area contributed by atoms with E-state index in [1.54, 1.807) is 0 Å². The molecule has 1 aliphatic rings. The smallest absolute Gasteiger partial charge is 0.231 e. The average molecular weight is 205 g/mol. The molecule has 0 aromatic heterocycles. The number of nitrogens with zero attached hydrogens (tertiary/aromatic N) is 1. The van der Waals surface area contributed by atoms with Crippen LogP contribution in [0.1, 0.15) is 12.0 Å². The first-order valence-electron chi connectivity index (χ1n) is 4.73. The van der Waals surface area contributed by atoms with Crippen molar-refractivity contribution in [2.75, 3.05) is 13.4 Å². The van der Waals surface area contributed by atoms with E-state index in [4.69, 9.17) is 19.5 Å². The molecule has 0 saturated heterocycles. The molecular weight excluding hydrogens is 194 g/mol. The molecule has 2 rings (SSSR count). The zero-order valence-electron chi connectivity index (χ0n) is 8.23. The number of hydrogen-bond acceptors (Lipinski definition) is 4. The van der Waals surface area contributed by atoms with Crippen molar-refractivity contribution in [2.24, 2.45) is 0 Å². The zero-order chi connectivity index (χ0) is 10.5. The first kappa shape index (κ1) is 9.81. The van der Waals surface area contributed by atoms with Crippen LogP contribution in [0, 0.1) is 11.3 Å². The SMILES string of the molecule is N#CCCOCc1ccc2c(c1)OCO2. The third kappa shape index (κ3) is 2.39. The van der Waals surface area contributed by atoms with Crippen molar-refractivity contribution in [2.45, 2.75) is 13.0 Å². The van der Waals surface area contributed by atoms with Crippen LogP contribution in [-0.2, 0) is 11.3 Å². The van der Waals surface area contributed by atoms with E-state index in [0.717, 1.165) is 17.1 Å². The summed E-state index contributed by atoms with van der Waals surface area (Å²) in [5.74, 6) is 1.53. The summed E-state index contributed by atoms with van der Waals surface area (Å²) >= 11 is 0. The highest BCUT2D eigenvalue weighted by Crippen LogP contribution is 2.32. The molecule has 1 aliphatic heterocycles. The van der Waals surface area contributed by atoms with Crippen molar-refractivity contribution < 1.29 is 14.2 Å². The second kappa shape index (κ2) is 4.67. The van der Waals surface area contributed by atoms with Crippen LogP contribution in [0.4, 0.5) is 0 Å². The molecule has 0 aliphatic carbocycles. The summed E-state index contributed by atoms with van der Waals surface area (Å²) in [6.07, 6.45) is 0.421. The minimum atomic E-state index is 0.286. The predicted octanol–water partition coefficient (Wildman–Crippen LogP) is 1.85. The van der Waals surface area contributed by atoms with Crippen molar-refractivity contribution >= 4 is 0 Å². The molecule has 0 unspecified atom stereocenters. The van der Waals surface area contributed by atoms with Crippen LogP contribution in [-0.4, -0.2) is 13.4 Å². The van der Waals surface area contributed by atoms with E-state index in [-0.39, 0.29) is 6.79 Å².